The van der Waals surface area contributed by atoms with E-state index in [4.69, 9.17) is 37.9 Å². The summed E-state index contributed by atoms with van der Waals surface area (Å²) in [6.45, 7) is 15.2. The zero-order valence-corrected chi connectivity index (χ0v) is 22.3. The van der Waals surface area contributed by atoms with Gasteiger partial charge in [0, 0.05) is 38.6 Å². The van der Waals surface area contributed by atoms with Gasteiger partial charge in [-0.2, -0.15) is 0 Å². The van der Waals surface area contributed by atoms with Crippen molar-refractivity contribution in [3.8, 4) is 11.5 Å². The highest BCUT2D eigenvalue weighted by Crippen LogP contribution is 2.31. The van der Waals surface area contributed by atoms with Crippen molar-refractivity contribution in [2.24, 2.45) is 0 Å². The van der Waals surface area contributed by atoms with Gasteiger partial charge >= 0.3 is 0 Å². The fraction of sp³-hybridized carbons (Fsp3) is 0.643. The third-order valence-corrected chi connectivity index (χ3v) is 5.07. The van der Waals surface area contributed by atoms with Crippen molar-refractivity contribution in [2.75, 3.05) is 93.5 Å². The number of rotatable bonds is 26. The van der Waals surface area contributed by atoms with E-state index >= 15 is 0 Å². The molecular formula is C28H46O8. The highest BCUT2D eigenvalue weighted by molar-refractivity contribution is 5.66. The van der Waals surface area contributed by atoms with E-state index in [0.29, 0.717) is 79.3 Å². The number of hydrogen-bond donors (Lipinski definition) is 0. The van der Waals surface area contributed by atoms with Crippen LogP contribution in [0.5, 0.6) is 11.5 Å². The van der Waals surface area contributed by atoms with Gasteiger partial charge in [0.05, 0.1) is 66.1 Å². The minimum absolute atomic E-state index is 0.584. The Hall–Kier alpha value is -1.94. The van der Waals surface area contributed by atoms with Crippen molar-refractivity contribution >= 4 is 12.2 Å². The molecule has 0 atom stereocenters. The molecule has 0 aromatic heterocycles. The van der Waals surface area contributed by atoms with Crippen LogP contribution < -0.4 is 9.47 Å². The second-order valence-corrected chi connectivity index (χ2v) is 7.88. The lowest BCUT2D eigenvalue weighted by atomic mass is 10.1. The summed E-state index contributed by atoms with van der Waals surface area (Å²) in [5.41, 5.74) is 1.80. The zero-order valence-electron chi connectivity index (χ0n) is 22.3. The zero-order chi connectivity index (χ0) is 26.1. The lowest BCUT2D eigenvalue weighted by Crippen LogP contribution is -2.09. The molecule has 0 fully saturated rings. The van der Waals surface area contributed by atoms with E-state index in [0.717, 1.165) is 48.3 Å². The third-order valence-electron chi connectivity index (χ3n) is 5.07. The van der Waals surface area contributed by atoms with Crippen LogP contribution >= 0.6 is 0 Å². The molecule has 1 aromatic carbocycles. The Bertz CT molecular complexity index is 622. The Balaban J connectivity index is 2.24. The lowest BCUT2D eigenvalue weighted by molar-refractivity contribution is 0.0235. The average Bonchev–Trinajstić information content (AvgIpc) is 2.90. The first kappa shape index (κ1) is 32.1. The van der Waals surface area contributed by atoms with Crippen molar-refractivity contribution in [1.82, 2.24) is 0 Å². The molecule has 0 radical (unpaired) electrons. The maximum Gasteiger partial charge on any atom is 0.127 e. The summed E-state index contributed by atoms with van der Waals surface area (Å²) in [5.74, 6) is 1.56. The molecule has 1 aromatic rings. The highest BCUT2D eigenvalue weighted by atomic mass is 16.5. The van der Waals surface area contributed by atoms with Crippen LogP contribution in [0.1, 0.15) is 36.8 Å². The van der Waals surface area contributed by atoms with Crippen LogP contribution in [0.25, 0.3) is 12.2 Å². The summed E-state index contributed by atoms with van der Waals surface area (Å²) >= 11 is 0. The average molecular weight is 511 g/mol. The number of ether oxygens (including phenoxy) is 8. The molecule has 0 unspecified atom stereocenters. The number of unbranched alkanes of at least 4 members (excludes halogenated alkanes) is 2. The summed E-state index contributed by atoms with van der Waals surface area (Å²) in [4.78, 5) is 0. The second kappa shape index (κ2) is 23.5. The Morgan fingerprint density at radius 2 is 0.833 bits per heavy atom. The standard InChI is InChI=1S/C28H46O8/c1-5-25-23-28(36-14-10-8-12-32-20-22-34-18-16-30-4)26(6-2)24-27(25)35-13-9-7-11-31-19-21-33-17-15-29-3/h5-6,23-24H,1-2,7-22H2,3-4H3. The molecular weight excluding hydrogens is 464 g/mol. The second-order valence-electron chi connectivity index (χ2n) is 7.88. The van der Waals surface area contributed by atoms with E-state index in [1.54, 1.807) is 26.4 Å². The van der Waals surface area contributed by atoms with Crippen LogP contribution in [0.4, 0.5) is 0 Å². The first-order chi connectivity index (χ1) is 17.8. The van der Waals surface area contributed by atoms with Crippen molar-refractivity contribution in [3.05, 3.63) is 36.4 Å². The van der Waals surface area contributed by atoms with Crippen LogP contribution in [0.15, 0.2) is 25.3 Å². The van der Waals surface area contributed by atoms with E-state index in [9.17, 15) is 0 Å². The smallest absolute Gasteiger partial charge is 0.127 e. The molecule has 0 amide bonds. The SMILES string of the molecule is C=Cc1cc(OCCCCOCCOCCOC)c(C=C)cc1OCCCCOCCOCCOC. The van der Waals surface area contributed by atoms with E-state index in [2.05, 4.69) is 13.2 Å². The Labute approximate surface area is 217 Å². The molecule has 0 aliphatic carbocycles. The molecule has 0 saturated heterocycles. The van der Waals surface area contributed by atoms with Crippen LogP contribution in [0.3, 0.4) is 0 Å². The molecule has 206 valence electrons. The number of hydrogen-bond acceptors (Lipinski definition) is 8. The fourth-order valence-electron chi connectivity index (χ4n) is 3.07. The Kier molecular flexibility index (Phi) is 20.9. The molecule has 8 nitrogen and oxygen atoms in total. The summed E-state index contributed by atoms with van der Waals surface area (Å²) in [5, 5.41) is 0. The first-order valence-electron chi connectivity index (χ1n) is 12.7. The Morgan fingerprint density at radius 1 is 0.500 bits per heavy atom. The van der Waals surface area contributed by atoms with E-state index in [-0.39, 0.29) is 0 Å². The van der Waals surface area contributed by atoms with Crippen molar-refractivity contribution in [2.45, 2.75) is 25.7 Å². The summed E-state index contributed by atoms with van der Waals surface area (Å²) in [6, 6.07) is 3.92. The quantitative estimate of drug-likeness (QED) is 0.167. The molecule has 8 heteroatoms. The van der Waals surface area contributed by atoms with Crippen molar-refractivity contribution < 1.29 is 37.9 Å². The molecule has 0 spiro atoms. The largest absolute Gasteiger partial charge is 0.493 e. The lowest BCUT2D eigenvalue weighted by Gasteiger charge is -2.15. The van der Waals surface area contributed by atoms with Crippen LogP contribution in [-0.4, -0.2) is 93.5 Å². The van der Waals surface area contributed by atoms with Gasteiger partial charge in [-0.05, 0) is 37.8 Å². The minimum atomic E-state index is 0.584. The number of methoxy groups -OCH3 is 2. The van der Waals surface area contributed by atoms with Crippen LogP contribution in [0.2, 0.25) is 0 Å². The predicted octanol–water partition coefficient (Wildman–Crippen LogP) is 4.65. The van der Waals surface area contributed by atoms with Crippen LogP contribution in [0, 0.1) is 0 Å². The molecule has 1 rings (SSSR count). The minimum Gasteiger partial charge on any atom is -0.493 e. The predicted molar refractivity (Wildman–Crippen MR) is 143 cm³/mol. The molecule has 0 saturated carbocycles. The van der Waals surface area contributed by atoms with Gasteiger partial charge in [-0.15, -0.1) is 0 Å². The van der Waals surface area contributed by atoms with Gasteiger partial charge < -0.3 is 37.9 Å². The maximum atomic E-state index is 6.01. The van der Waals surface area contributed by atoms with Crippen molar-refractivity contribution in [1.29, 1.82) is 0 Å². The summed E-state index contributed by atoms with van der Waals surface area (Å²) < 4.78 is 43.7. The molecule has 0 aliphatic heterocycles. The van der Waals surface area contributed by atoms with Gasteiger partial charge in [-0.3, -0.25) is 0 Å². The monoisotopic (exact) mass is 510 g/mol. The summed E-state index contributed by atoms with van der Waals surface area (Å²) in [7, 11) is 3.32. The van der Waals surface area contributed by atoms with E-state index < -0.39 is 0 Å². The van der Waals surface area contributed by atoms with Gasteiger partial charge in [-0.25, -0.2) is 0 Å². The molecule has 0 aliphatic rings. The first-order valence-corrected chi connectivity index (χ1v) is 12.7. The van der Waals surface area contributed by atoms with Gasteiger partial charge in [0.2, 0.25) is 0 Å². The fourth-order valence-corrected chi connectivity index (χ4v) is 3.07. The van der Waals surface area contributed by atoms with E-state index in [1.165, 1.54) is 0 Å². The normalized spacial score (nSPS) is 10.9. The topological polar surface area (TPSA) is 73.8 Å². The van der Waals surface area contributed by atoms with E-state index in [1.807, 2.05) is 12.1 Å². The van der Waals surface area contributed by atoms with Gasteiger partial charge in [-0.1, -0.05) is 25.3 Å². The Morgan fingerprint density at radius 3 is 1.19 bits per heavy atom. The maximum absolute atomic E-state index is 6.01. The molecule has 0 N–H and O–H groups in total. The van der Waals surface area contributed by atoms with Crippen LogP contribution in [-0.2, 0) is 28.4 Å². The van der Waals surface area contributed by atoms with Gasteiger partial charge in [0.1, 0.15) is 11.5 Å². The summed E-state index contributed by atoms with van der Waals surface area (Å²) in [6.07, 6.45) is 7.19. The molecule has 36 heavy (non-hydrogen) atoms. The molecule has 0 bridgehead atoms. The third kappa shape index (κ3) is 15.9. The van der Waals surface area contributed by atoms with Gasteiger partial charge in [0.25, 0.3) is 0 Å². The van der Waals surface area contributed by atoms with Gasteiger partial charge in [0.15, 0.2) is 0 Å². The van der Waals surface area contributed by atoms with Crippen molar-refractivity contribution in [3.63, 3.8) is 0 Å². The number of benzene rings is 1. The highest BCUT2D eigenvalue weighted by Gasteiger charge is 2.09. The molecule has 0 heterocycles.